The van der Waals surface area contributed by atoms with Gasteiger partial charge < -0.3 is 4.57 Å². The number of fused-ring (bicyclic) bond motifs is 1. The highest BCUT2D eigenvalue weighted by Gasteiger charge is 2.20. The number of rotatable bonds is 2. The molecule has 1 aromatic carbocycles. The van der Waals surface area contributed by atoms with E-state index in [1.807, 2.05) is 0 Å². The Labute approximate surface area is 152 Å². The molecule has 1 aliphatic rings. The minimum atomic E-state index is 0.490. The molecule has 1 unspecified atom stereocenters. The lowest BCUT2D eigenvalue weighted by molar-refractivity contribution is 0.356. The smallest absolute Gasteiger partial charge is 0.109 e. The van der Waals surface area contributed by atoms with Gasteiger partial charge in [0.2, 0.25) is 0 Å². The van der Waals surface area contributed by atoms with Gasteiger partial charge in [-0.05, 0) is 62.3 Å². The lowest BCUT2D eigenvalue weighted by Gasteiger charge is -2.25. The number of halogens is 1. The van der Waals surface area contributed by atoms with Crippen LogP contribution in [0, 0.1) is 26.7 Å². The van der Waals surface area contributed by atoms with E-state index in [0.29, 0.717) is 5.38 Å². The molecule has 0 aliphatic heterocycles. The second-order valence-electron chi connectivity index (χ2n) is 7.22. The van der Waals surface area contributed by atoms with E-state index in [-0.39, 0.29) is 0 Å². The highest BCUT2D eigenvalue weighted by Crippen LogP contribution is 2.30. The molecular weight excluding hydrogens is 316 g/mol. The second kappa shape index (κ2) is 8.38. The fraction of sp³-hybridized carbons (Fsp3) is 0.667. The number of benzene rings is 1. The summed E-state index contributed by atoms with van der Waals surface area (Å²) in [6, 6.07) is 2.24. The maximum absolute atomic E-state index is 6.08. The maximum atomic E-state index is 6.08. The Morgan fingerprint density at radius 1 is 1.12 bits per heavy atom. The van der Waals surface area contributed by atoms with Crippen molar-refractivity contribution in [2.75, 3.05) is 0 Å². The fourth-order valence-electron chi connectivity index (χ4n) is 3.73. The zero-order chi connectivity index (χ0) is 17.9. The summed E-state index contributed by atoms with van der Waals surface area (Å²) in [5.74, 6) is 1.98. The molecule has 1 saturated carbocycles. The summed E-state index contributed by atoms with van der Waals surface area (Å²) in [4.78, 5) is 4.70. The number of nitrogens with zero attached hydrogens (tertiary/aromatic N) is 2. The first-order valence-electron chi connectivity index (χ1n) is 9.46. The van der Waals surface area contributed by atoms with Crippen LogP contribution in [-0.2, 0) is 13.5 Å². The van der Waals surface area contributed by atoms with E-state index in [2.05, 4.69) is 52.3 Å². The van der Waals surface area contributed by atoms with Crippen LogP contribution in [0.5, 0.6) is 0 Å². The van der Waals surface area contributed by atoms with Gasteiger partial charge in [-0.1, -0.05) is 33.1 Å². The van der Waals surface area contributed by atoms with Crippen LogP contribution in [-0.4, -0.2) is 14.9 Å². The molecular formula is C21H33ClN2. The van der Waals surface area contributed by atoms with Crippen LogP contribution in [0.4, 0.5) is 0 Å². The van der Waals surface area contributed by atoms with Crippen molar-refractivity contribution in [2.45, 2.75) is 78.5 Å². The number of aromatic nitrogens is 2. The predicted octanol–water partition coefficient (Wildman–Crippen LogP) is 6.25. The zero-order valence-electron chi connectivity index (χ0n) is 16.2. The molecule has 0 spiro atoms. The van der Waals surface area contributed by atoms with Crippen molar-refractivity contribution in [3.8, 4) is 0 Å². The molecule has 1 fully saturated rings. The first kappa shape index (κ1) is 19.3. The largest absolute Gasteiger partial charge is 0.331 e. The van der Waals surface area contributed by atoms with Crippen LogP contribution >= 0.6 is 11.6 Å². The third-order valence-corrected chi connectivity index (χ3v) is 6.33. The van der Waals surface area contributed by atoms with E-state index in [0.717, 1.165) is 23.7 Å². The number of alkyl halides is 1. The number of hydrogen-bond acceptors (Lipinski definition) is 1. The van der Waals surface area contributed by atoms with Crippen molar-refractivity contribution in [3.63, 3.8) is 0 Å². The lowest BCUT2D eigenvalue weighted by atomic mass is 9.87. The molecule has 0 radical (unpaired) electrons. The minimum absolute atomic E-state index is 0.490. The monoisotopic (exact) mass is 348 g/mol. The summed E-state index contributed by atoms with van der Waals surface area (Å²) in [5, 5.41) is 0.490. The van der Waals surface area contributed by atoms with E-state index >= 15 is 0 Å². The van der Waals surface area contributed by atoms with Gasteiger partial charge in [-0.3, -0.25) is 0 Å². The van der Waals surface area contributed by atoms with Crippen molar-refractivity contribution in [3.05, 3.63) is 28.6 Å². The van der Waals surface area contributed by atoms with Gasteiger partial charge in [0.05, 0.1) is 11.0 Å². The molecule has 24 heavy (non-hydrogen) atoms. The van der Waals surface area contributed by atoms with Gasteiger partial charge in [-0.25, -0.2) is 4.98 Å². The molecule has 1 aromatic heterocycles. The summed E-state index contributed by atoms with van der Waals surface area (Å²) in [6.07, 6.45) is 7.63. The molecule has 0 N–H and O–H groups in total. The van der Waals surface area contributed by atoms with Crippen molar-refractivity contribution in [1.29, 1.82) is 0 Å². The van der Waals surface area contributed by atoms with Crippen molar-refractivity contribution >= 4 is 22.6 Å². The van der Waals surface area contributed by atoms with Crippen LogP contribution in [0.3, 0.4) is 0 Å². The second-order valence-corrected chi connectivity index (χ2v) is 7.78. The topological polar surface area (TPSA) is 17.8 Å². The number of hydrogen-bond donors (Lipinski definition) is 0. The van der Waals surface area contributed by atoms with Gasteiger partial charge in [-0.15, -0.1) is 11.6 Å². The Balaban J connectivity index is 0.000000198. The Morgan fingerprint density at radius 3 is 2.33 bits per heavy atom. The van der Waals surface area contributed by atoms with Crippen LogP contribution < -0.4 is 0 Å². The average Bonchev–Trinajstić information content (AvgIpc) is 2.90. The Bertz CT molecular complexity index is 687. The van der Waals surface area contributed by atoms with Crippen molar-refractivity contribution in [1.82, 2.24) is 9.55 Å². The van der Waals surface area contributed by atoms with E-state index in [1.165, 1.54) is 54.3 Å². The van der Waals surface area contributed by atoms with Gasteiger partial charge in [0, 0.05) is 18.8 Å². The van der Waals surface area contributed by atoms with Crippen LogP contribution in [0.1, 0.15) is 68.5 Å². The summed E-state index contributed by atoms with van der Waals surface area (Å²) < 4.78 is 2.20. The van der Waals surface area contributed by atoms with Crippen LogP contribution in [0.2, 0.25) is 0 Å². The molecule has 0 bridgehead atoms. The van der Waals surface area contributed by atoms with Crippen molar-refractivity contribution in [2.24, 2.45) is 13.0 Å². The van der Waals surface area contributed by atoms with E-state index in [9.17, 15) is 0 Å². The molecule has 1 heterocycles. The summed E-state index contributed by atoms with van der Waals surface area (Å²) >= 11 is 6.08. The number of aryl methyl sites for hydroxylation is 4. The molecule has 2 nitrogen and oxygen atoms in total. The molecule has 3 rings (SSSR count). The molecule has 0 amide bonds. The normalized spacial score (nSPS) is 20.8. The predicted molar refractivity (Wildman–Crippen MR) is 106 cm³/mol. The maximum Gasteiger partial charge on any atom is 0.109 e. The summed E-state index contributed by atoms with van der Waals surface area (Å²) in [7, 11) is 2.10. The van der Waals surface area contributed by atoms with Gasteiger partial charge in [0.25, 0.3) is 0 Å². The molecule has 2 atom stereocenters. The fourth-order valence-corrected chi connectivity index (χ4v) is 4.18. The Hall–Kier alpha value is -1.02. The highest BCUT2D eigenvalue weighted by atomic mass is 35.5. The van der Waals surface area contributed by atoms with Crippen molar-refractivity contribution < 1.29 is 0 Å². The van der Waals surface area contributed by atoms with E-state index in [1.54, 1.807) is 0 Å². The van der Waals surface area contributed by atoms with Gasteiger partial charge in [0.15, 0.2) is 0 Å². The zero-order valence-corrected chi connectivity index (χ0v) is 17.0. The van der Waals surface area contributed by atoms with Gasteiger partial charge in [-0.2, -0.15) is 0 Å². The molecule has 1 aliphatic carbocycles. The Morgan fingerprint density at radius 2 is 1.79 bits per heavy atom. The highest BCUT2D eigenvalue weighted by molar-refractivity contribution is 6.20. The molecule has 3 heteroatoms. The summed E-state index contributed by atoms with van der Waals surface area (Å²) in [5.41, 5.74) is 6.46. The molecule has 134 valence electrons. The third-order valence-electron chi connectivity index (χ3n) is 5.75. The molecule has 2 aromatic rings. The first-order valence-corrected chi connectivity index (χ1v) is 9.90. The third kappa shape index (κ3) is 3.96. The quantitative estimate of drug-likeness (QED) is 0.586. The summed E-state index contributed by atoms with van der Waals surface area (Å²) in [6.45, 7) is 10.9. The van der Waals surface area contributed by atoms with Gasteiger partial charge >= 0.3 is 0 Å². The minimum Gasteiger partial charge on any atom is -0.331 e. The van der Waals surface area contributed by atoms with E-state index in [4.69, 9.17) is 16.6 Å². The number of imidazole rings is 1. The Kier molecular flexibility index (Phi) is 6.74. The lowest BCUT2D eigenvalue weighted by Crippen LogP contribution is -2.18. The van der Waals surface area contributed by atoms with Crippen LogP contribution in [0.15, 0.2) is 6.07 Å². The first-order chi connectivity index (χ1) is 11.4. The van der Waals surface area contributed by atoms with Crippen LogP contribution in [0.25, 0.3) is 11.0 Å². The SMILES string of the molecule is CCC1CCCC[C@@H]1Cl.CCc1nc2c(C)c(C)c(C)cc2n1C. The van der Waals surface area contributed by atoms with E-state index < -0.39 is 0 Å². The molecule has 0 saturated heterocycles. The van der Waals surface area contributed by atoms with Gasteiger partial charge in [0.1, 0.15) is 5.82 Å². The standard InChI is InChI=1S/C13H18N2.C8H15Cl/c1-6-12-14-13-10(4)9(3)8(2)7-11(13)15(12)5;1-2-7-5-3-4-6-8(7)9/h7H,6H2,1-5H3;7-8H,2-6H2,1H3/t;7?,8-/m.0/s1. The average molecular weight is 349 g/mol.